The van der Waals surface area contributed by atoms with Crippen molar-refractivity contribution < 1.29 is 22.8 Å². The van der Waals surface area contributed by atoms with E-state index in [2.05, 4.69) is 15.8 Å². The van der Waals surface area contributed by atoms with Crippen molar-refractivity contribution in [2.75, 3.05) is 0 Å². The molecule has 0 fully saturated rings. The predicted octanol–water partition coefficient (Wildman–Crippen LogP) is 4.50. The van der Waals surface area contributed by atoms with Crippen LogP contribution in [0, 0.1) is 11.6 Å². The minimum atomic E-state index is -1.24. The van der Waals surface area contributed by atoms with E-state index in [1.165, 1.54) is 12.3 Å². The van der Waals surface area contributed by atoms with Gasteiger partial charge in [0.15, 0.2) is 17.4 Å². The summed E-state index contributed by atoms with van der Waals surface area (Å²) in [5.41, 5.74) is 5.27. The van der Waals surface area contributed by atoms with Crippen LogP contribution >= 0.6 is 11.6 Å². The third-order valence-corrected chi connectivity index (χ3v) is 4.59. The fourth-order valence-electron chi connectivity index (χ4n) is 2.86. The van der Waals surface area contributed by atoms with Gasteiger partial charge in [-0.05, 0) is 36.4 Å². The monoisotopic (exact) mass is 427 g/mol. The molecule has 0 aliphatic carbocycles. The number of nitrogens with one attached hydrogen (secondary N) is 2. The molecule has 0 unspecified atom stereocenters. The summed E-state index contributed by atoms with van der Waals surface area (Å²) in [6.45, 7) is 0. The number of furan rings is 1. The number of aromatic nitrogens is 1. The van der Waals surface area contributed by atoms with Gasteiger partial charge in [0.2, 0.25) is 0 Å². The summed E-state index contributed by atoms with van der Waals surface area (Å²) in [5.74, 6) is -3.51. The summed E-state index contributed by atoms with van der Waals surface area (Å²) in [6.07, 6.45) is 1.48. The van der Waals surface area contributed by atoms with Crippen molar-refractivity contribution in [2.45, 2.75) is 0 Å². The van der Waals surface area contributed by atoms with Gasteiger partial charge >= 0.3 is 0 Å². The number of rotatable bonds is 3. The number of para-hydroxylation sites is 1. The van der Waals surface area contributed by atoms with Crippen LogP contribution in [0.15, 0.2) is 65.3 Å². The van der Waals surface area contributed by atoms with Gasteiger partial charge in [-0.1, -0.05) is 29.8 Å². The van der Waals surface area contributed by atoms with Gasteiger partial charge in [0.05, 0.1) is 27.9 Å². The Morgan fingerprint density at radius 3 is 2.33 bits per heavy atom. The average Bonchev–Trinajstić information content (AvgIpc) is 3.28. The molecule has 150 valence electrons. The molecule has 2 heterocycles. The van der Waals surface area contributed by atoms with Crippen molar-refractivity contribution >= 4 is 34.3 Å². The van der Waals surface area contributed by atoms with Crippen LogP contribution in [-0.2, 0) is 0 Å². The maximum atomic E-state index is 13.4. The molecular formula is C21H12ClF2N3O3. The highest BCUT2D eigenvalue weighted by Crippen LogP contribution is 2.25. The Kier molecular flexibility index (Phi) is 5.16. The second kappa shape index (κ2) is 7.92. The zero-order valence-corrected chi connectivity index (χ0v) is 15.8. The summed E-state index contributed by atoms with van der Waals surface area (Å²) in [6, 6.07) is 13.2. The molecule has 0 aliphatic heterocycles. The van der Waals surface area contributed by atoms with Gasteiger partial charge in [-0.3, -0.25) is 20.4 Å². The second-order valence-electron chi connectivity index (χ2n) is 6.20. The highest BCUT2D eigenvalue weighted by atomic mass is 35.5. The number of halogens is 3. The first-order valence-corrected chi connectivity index (χ1v) is 9.00. The van der Waals surface area contributed by atoms with Gasteiger partial charge in [0.25, 0.3) is 11.8 Å². The minimum absolute atomic E-state index is 0.226. The van der Waals surface area contributed by atoms with Crippen LogP contribution in [-0.4, -0.2) is 16.8 Å². The van der Waals surface area contributed by atoms with Gasteiger partial charge in [-0.15, -0.1) is 0 Å². The zero-order valence-electron chi connectivity index (χ0n) is 15.1. The largest absolute Gasteiger partial charge is 0.463 e. The zero-order chi connectivity index (χ0) is 21.3. The smallest absolute Gasteiger partial charge is 0.271 e. The number of hydrogen-bond donors (Lipinski definition) is 2. The molecule has 0 atom stereocenters. The van der Waals surface area contributed by atoms with E-state index in [0.29, 0.717) is 34.5 Å². The molecular weight excluding hydrogens is 416 g/mol. The van der Waals surface area contributed by atoms with Gasteiger partial charge in [0.1, 0.15) is 5.69 Å². The highest BCUT2D eigenvalue weighted by Gasteiger charge is 2.18. The quantitative estimate of drug-likeness (QED) is 0.372. The lowest BCUT2D eigenvalue weighted by molar-refractivity contribution is 0.0847. The Hall–Kier alpha value is -3.78. The molecule has 0 radical (unpaired) electrons. The van der Waals surface area contributed by atoms with Crippen molar-refractivity contribution in [3.05, 3.63) is 88.6 Å². The number of carbonyl (C=O) groups is 2. The van der Waals surface area contributed by atoms with E-state index in [-0.39, 0.29) is 16.1 Å². The number of amides is 2. The van der Waals surface area contributed by atoms with Gasteiger partial charge in [0, 0.05) is 5.39 Å². The second-order valence-corrected chi connectivity index (χ2v) is 6.61. The highest BCUT2D eigenvalue weighted by molar-refractivity contribution is 6.33. The van der Waals surface area contributed by atoms with Crippen molar-refractivity contribution in [3.63, 3.8) is 0 Å². The predicted molar refractivity (Wildman–Crippen MR) is 106 cm³/mol. The molecule has 4 aromatic rings. The van der Waals surface area contributed by atoms with E-state index in [1.54, 1.807) is 36.4 Å². The molecule has 0 saturated heterocycles. The summed E-state index contributed by atoms with van der Waals surface area (Å²) in [5, 5.41) is 0.250. The molecule has 6 nitrogen and oxygen atoms in total. The molecule has 0 bridgehead atoms. The average molecular weight is 428 g/mol. The molecule has 30 heavy (non-hydrogen) atoms. The third kappa shape index (κ3) is 3.72. The normalized spacial score (nSPS) is 10.8. The summed E-state index contributed by atoms with van der Waals surface area (Å²) >= 11 is 5.79. The van der Waals surface area contributed by atoms with Crippen LogP contribution in [0.4, 0.5) is 8.78 Å². The van der Waals surface area contributed by atoms with E-state index in [4.69, 9.17) is 16.0 Å². The molecule has 2 aromatic carbocycles. The van der Waals surface area contributed by atoms with Gasteiger partial charge in [-0.2, -0.15) is 0 Å². The van der Waals surface area contributed by atoms with E-state index in [9.17, 15) is 18.4 Å². The number of fused-ring (bicyclic) bond motifs is 1. The third-order valence-electron chi connectivity index (χ3n) is 4.28. The molecule has 2 aromatic heterocycles. The number of carbonyl (C=O) groups excluding carboxylic acids is 2. The molecule has 0 aliphatic rings. The Bertz CT molecular complexity index is 1280. The lowest BCUT2D eigenvalue weighted by Gasteiger charge is -2.11. The van der Waals surface area contributed by atoms with Crippen molar-refractivity contribution in [2.24, 2.45) is 0 Å². The lowest BCUT2D eigenvalue weighted by atomic mass is 10.1. The number of nitrogens with zero attached hydrogens (tertiary/aromatic N) is 1. The van der Waals surface area contributed by atoms with Crippen LogP contribution in [0.3, 0.4) is 0 Å². The fraction of sp³-hybridized carbons (Fsp3) is 0. The van der Waals surface area contributed by atoms with Crippen LogP contribution in [0.25, 0.3) is 22.4 Å². The first-order chi connectivity index (χ1) is 14.4. The minimum Gasteiger partial charge on any atom is -0.463 e. The van der Waals surface area contributed by atoms with Crippen LogP contribution < -0.4 is 10.9 Å². The topological polar surface area (TPSA) is 84.2 Å². The number of benzene rings is 2. The first kappa shape index (κ1) is 19.5. The molecule has 2 N–H and O–H groups in total. The van der Waals surface area contributed by atoms with E-state index in [1.807, 2.05) is 0 Å². The summed E-state index contributed by atoms with van der Waals surface area (Å²) in [7, 11) is 0. The Balaban J connectivity index is 1.62. The molecule has 0 spiro atoms. The maximum Gasteiger partial charge on any atom is 0.271 e. The van der Waals surface area contributed by atoms with Crippen molar-refractivity contribution in [1.29, 1.82) is 0 Å². The van der Waals surface area contributed by atoms with Crippen LogP contribution in [0.1, 0.15) is 20.7 Å². The molecule has 2 amide bonds. The van der Waals surface area contributed by atoms with Crippen molar-refractivity contribution in [1.82, 2.24) is 15.8 Å². The summed E-state index contributed by atoms with van der Waals surface area (Å²) < 4.78 is 32.0. The standard InChI is InChI=1S/C21H12ClF2N3O3/c22-14-10-16(24)15(23)8-13(14)21(29)27-26-20(28)12-9-18(19-6-3-7-30-19)25-17-5-2-1-4-11(12)17/h1-10H,(H,26,28)(H,27,29). The Morgan fingerprint density at radius 2 is 1.60 bits per heavy atom. The molecule has 4 rings (SSSR count). The van der Waals surface area contributed by atoms with E-state index < -0.39 is 23.4 Å². The van der Waals surface area contributed by atoms with Crippen molar-refractivity contribution in [3.8, 4) is 11.5 Å². The molecule has 9 heteroatoms. The first-order valence-electron chi connectivity index (χ1n) is 8.63. The SMILES string of the molecule is O=C(NNC(=O)c1cc(-c2ccco2)nc2ccccc12)c1cc(F)c(F)cc1Cl. The Labute approximate surface area is 173 Å². The van der Waals surface area contributed by atoms with Crippen LogP contribution in [0.5, 0.6) is 0 Å². The number of hydrogen-bond acceptors (Lipinski definition) is 4. The molecule has 0 saturated carbocycles. The van der Waals surface area contributed by atoms with E-state index >= 15 is 0 Å². The summed E-state index contributed by atoms with van der Waals surface area (Å²) in [4.78, 5) is 29.5. The maximum absolute atomic E-state index is 13.4. The van der Waals surface area contributed by atoms with E-state index in [0.717, 1.165) is 0 Å². The fourth-order valence-corrected chi connectivity index (χ4v) is 3.09. The number of pyridine rings is 1. The lowest BCUT2D eigenvalue weighted by Crippen LogP contribution is -2.41. The Morgan fingerprint density at radius 1 is 0.900 bits per heavy atom. The van der Waals surface area contributed by atoms with Gasteiger partial charge < -0.3 is 4.42 Å². The number of hydrazine groups is 1. The van der Waals surface area contributed by atoms with Crippen LogP contribution in [0.2, 0.25) is 5.02 Å². The van der Waals surface area contributed by atoms with Gasteiger partial charge in [-0.25, -0.2) is 13.8 Å².